The van der Waals surface area contributed by atoms with E-state index < -0.39 is 31.7 Å². The van der Waals surface area contributed by atoms with Crippen molar-refractivity contribution in [2.24, 2.45) is 0 Å². The molecule has 0 saturated heterocycles. The Morgan fingerprint density at radius 3 is 0.417 bits per heavy atom. The van der Waals surface area contributed by atoms with E-state index in [1.54, 1.807) is 0 Å². The van der Waals surface area contributed by atoms with Gasteiger partial charge in [0, 0.05) is 24.6 Å². The molecule has 0 aromatic heterocycles. The van der Waals surface area contributed by atoms with Crippen molar-refractivity contribution in [2.45, 2.75) is 24.6 Å². The average molecular weight is 1440 g/mol. The van der Waals surface area contributed by atoms with Crippen LogP contribution in [0.3, 0.4) is 0 Å². The second-order valence-electron chi connectivity index (χ2n) is 19.7. The van der Waals surface area contributed by atoms with Crippen LogP contribution in [0, 0.1) is 0 Å². The molecule has 12 rings (SSSR count). The zero-order valence-electron chi connectivity index (χ0n) is 46.4. The predicted octanol–water partition coefficient (Wildman–Crippen LogP) is 8.25. The number of halogens is 3. The Bertz CT molecular complexity index is 3130. The predicted molar refractivity (Wildman–Crippen MR) is 355 cm³/mol. The van der Waals surface area contributed by atoms with Gasteiger partial charge >= 0.3 is 19.5 Å². The molecule has 0 N–H and O–H groups in total. The molecule has 0 atom stereocenters. The third kappa shape index (κ3) is 17.3. The first-order valence-electron chi connectivity index (χ1n) is 27.6. The monoisotopic (exact) mass is 1440 g/mol. The van der Waals surface area contributed by atoms with Crippen LogP contribution in [0.5, 0.6) is 0 Å². The minimum absolute atomic E-state index is 0. The molecule has 0 amide bonds. The van der Waals surface area contributed by atoms with Crippen molar-refractivity contribution in [3.8, 4) is 22.3 Å². The maximum Gasteiger partial charge on any atom is 3.00 e. The fourth-order valence-corrected chi connectivity index (χ4v) is 19.9. The van der Waals surface area contributed by atoms with Crippen molar-refractivity contribution in [3.05, 3.63) is 362 Å². The van der Waals surface area contributed by atoms with Crippen LogP contribution in [0.1, 0.15) is 22.3 Å². The van der Waals surface area contributed by atoms with Gasteiger partial charge in [-0.3, -0.25) is 0 Å². The molecule has 0 aliphatic carbocycles. The standard InChI is InChI=1S/2C38H32P2.3BrH.Rh/c2*1-5-19-33(20-6-1)39(34-21-7-2-8-22-34)29-31-17-13-15-27-37(31)38-28-16-14-18-32(38)30-40(35-23-9-3-10-24-35)36-25-11-4-12-26-36;;;;/h2*1-28H,29-30H2;3*1H;/q;;;;;+3/p-3. The molecule has 0 aliphatic heterocycles. The van der Waals surface area contributed by atoms with Gasteiger partial charge in [0.2, 0.25) is 0 Å². The Hall–Kier alpha value is -5.58. The smallest absolute Gasteiger partial charge is 1.00 e. The SMILES string of the molecule is [Br-].[Br-].[Br-].[Rh+3].c1ccc(P(Cc2ccccc2-c2ccccc2CP(c2ccccc2)c2ccccc2)c2ccccc2)cc1.c1ccc(P(Cc2ccccc2-c2ccccc2CP(c2ccccc2)c2ccccc2)c2ccccc2)cc1. The Morgan fingerprint density at radius 2 is 0.274 bits per heavy atom. The van der Waals surface area contributed by atoms with Gasteiger partial charge in [-0.2, -0.15) is 0 Å². The molecule has 0 spiro atoms. The number of hydrogen-bond acceptors (Lipinski definition) is 0. The Kier molecular flexibility index (Phi) is 27.1. The van der Waals surface area contributed by atoms with Gasteiger partial charge in [0.1, 0.15) is 0 Å². The first-order valence-corrected chi connectivity index (χ1v) is 33.7. The maximum atomic E-state index is 2.34. The zero-order chi connectivity index (χ0) is 54.0. The van der Waals surface area contributed by atoms with Crippen molar-refractivity contribution in [1.29, 1.82) is 0 Å². The molecular weight excluding hydrogens is 1380 g/mol. The summed E-state index contributed by atoms with van der Waals surface area (Å²) in [5.74, 6) is 0. The van der Waals surface area contributed by atoms with Crippen molar-refractivity contribution < 1.29 is 70.4 Å². The zero-order valence-corrected chi connectivity index (χ0v) is 56.4. The molecule has 418 valence electrons. The largest absolute Gasteiger partial charge is 3.00 e. The summed E-state index contributed by atoms with van der Waals surface area (Å²) in [5.41, 5.74) is 11.1. The minimum Gasteiger partial charge on any atom is -1.00 e. The molecule has 0 unspecified atom stereocenters. The van der Waals surface area contributed by atoms with Gasteiger partial charge in [0.25, 0.3) is 0 Å². The molecule has 0 radical (unpaired) electrons. The second kappa shape index (κ2) is 34.5. The molecule has 12 aromatic carbocycles. The van der Waals surface area contributed by atoms with E-state index in [2.05, 4.69) is 340 Å². The molecule has 0 fully saturated rings. The van der Waals surface area contributed by atoms with Gasteiger partial charge in [-0.1, -0.05) is 340 Å². The molecule has 0 nitrogen and oxygen atoms in total. The summed E-state index contributed by atoms with van der Waals surface area (Å²) >= 11 is 0. The van der Waals surface area contributed by atoms with Gasteiger partial charge in [-0.05, 0) is 119 Å². The number of benzene rings is 12. The normalized spacial score (nSPS) is 10.6. The summed E-state index contributed by atoms with van der Waals surface area (Å²) in [7, 11) is -2.11. The molecule has 8 heteroatoms. The summed E-state index contributed by atoms with van der Waals surface area (Å²) in [6, 6.07) is 125. The molecule has 0 saturated carbocycles. The second-order valence-corrected chi connectivity index (χ2v) is 28.5. The van der Waals surface area contributed by atoms with E-state index in [4.69, 9.17) is 0 Å². The van der Waals surface area contributed by atoms with Gasteiger partial charge in [-0.15, -0.1) is 0 Å². The van der Waals surface area contributed by atoms with E-state index in [9.17, 15) is 0 Å². The molecule has 0 heterocycles. The van der Waals surface area contributed by atoms with Crippen LogP contribution in [0.2, 0.25) is 0 Å². The van der Waals surface area contributed by atoms with Crippen LogP contribution >= 0.6 is 31.7 Å². The van der Waals surface area contributed by atoms with E-state index in [0.717, 1.165) is 24.6 Å². The minimum atomic E-state index is -0.528. The third-order valence-corrected chi connectivity index (χ3v) is 24.5. The van der Waals surface area contributed by atoms with Gasteiger partial charge in [-0.25, -0.2) is 0 Å². The molecule has 84 heavy (non-hydrogen) atoms. The van der Waals surface area contributed by atoms with Crippen molar-refractivity contribution in [2.75, 3.05) is 0 Å². The van der Waals surface area contributed by atoms with Crippen molar-refractivity contribution in [3.63, 3.8) is 0 Å². The summed E-state index contributed by atoms with van der Waals surface area (Å²) < 4.78 is 0. The van der Waals surface area contributed by atoms with Crippen LogP contribution in [-0.2, 0) is 44.1 Å². The Labute approximate surface area is 548 Å². The van der Waals surface area contributed by atoms with Gasteiger partial charge in [0.15, 0.2) is 0 Å². The van der Waals surface area contributed by atoms with Crippen LogP contribution in [0.15, 0.2) is 340 Å². The van der Waals surface area contributed by atoms with E-state index in [0.29, 0.717) is 0 Å². The van der Waals surface area contributed by atoms with E-state index >= 15 is 0 Å². The fourth-order valence-electron chi connectivity index (χ4n) is 10.6. The molecule has 0 bridgehead atoms. The fraction of sp³-hybridized carbons (Fsp3) is 0.0526. The summed E-state index contributed by atoms with van der Waals surface area (Å²) in [5, 5.41) is 11.4. The van der Waals surface area contributed by atoms with Gasteiger partial charge in [0.05, 0.1) is 0 Å². The third-order valence-electron chi connectivity index (χ3n) is 14.5. The first kappa shape index (κ1) is 66.0. The maximum absolute atomic E-state index is 2.34. The van der Waals surface area contributed by atoms with Crippen molar-refractivity contribution >= 4 is 74.1 Å². The summed E-state index contributed by atoms with van der Waals surface area (Å²) in [4.78, 5) is 0. The molecular formula is C76H64Br3P4Rh. The van der Waals surface area contributed by atoms with E-state index in [-0.39, 0.29) is 70.4 Å². The number of rotatable bonds is 18. The topological polar surface area (TPSA) is 0 Å². The molecule has 0 aliphatic rings. The van der Waals surface area contributed by atoms with Crippen molar-refractivity contribution in [1.82, 2.24) is 0 Å². The van der Waals surface area contributed by atoms with E-state index in [1.807, 2.05) is 0 Å². The van der Waals surface area contributed by atoms with Crippen LogP contribution < -0.4 is 93.4 Å². The molecule has 12 aromatic rings. The quantitative estimate of drug-likeness (QED) is 0.0601. The van der Waals surface area contributed by atoms with Crippen LogP contribution in [-0.4, -0.2) is 0 Å². The summed E-state index contributed by atoms with van der Waals surface area (Å²) in [6.07, 6.45) is 4.06. The summed E-state index contributed by atoms with van der Waals surface area (Å²) in [6.45, 7) is 0. The van der Waals surface area contributed by atoms with E-state index in [1.165, 1.54) is 86.9 Å². The average Bonchev–Trinajstić information content (AvgIpc) is 3.53. The van der Waals surface area contributed by atoms with Crippen LogP contribution in [0.25, 0.3) is 22.3 Å². The number of hydrogen-bond donors (Lipinski definition) is 0. The first-order chi connectivity index (χ1) is 39.7. The Balaban J connectivity index is 0.000000230. The van der Waals surface area contributed by atoms with Crippen LogP contribution in [0.4, 0.5) is 0 Å². The van der Waals surface area contributed by atoms with Gasteiger partial charge < -0.3 is 50.9 Å². The Morgan fingerprint density at radius 1 is 0.155 bits per heavy atom.